The third-order valence-electron chi connectivity index (χ3n) is 5.61. The summed E-state index contributed by atoms with van der Waals surface area (Å²) in [6.07, 6.45) is 4.27. The lowest BCUT2D eigenvalue weighted by Gasteiger charge is -2.35. The summed E-state index contributed by atoms with van der Waals surface area (Å²) in [4.78, 5) is 2.69. The van der Waals surface area contributed by atoms with Crippen molar-refractivity contribution in [2.45, 2.75) is 70.2 Å². The fourth-order valence-electron chi connectivity index (χ4n) is 4.58. The summed E-state index contributed by atoms with van der Waals surface area (Å²) in [5, 5.41) is 0. The van der Waals surface area contributed by atoms with E-state index in [-0.39, 0.29) is 17.2 Å². The Balaban J connectivity index is 1.72. The molecule has 2 bridgehead atoms. The minimum absolute atomic E-state index is 0.0925. The molecule has 2 saturated heterocycles. The minimum Gasteiger partial charge on any atom is -0.368 e. The average Bonchev–Trinajstić information content (AvgIpc) is 2.87. The van der Waals surface area contributed by atoms with Gasteiger partial charge in [0.05, 0.1) is 11.2 Å². The molecule has 0 radical (unpaired) electrons. The van der Waals surface area contributed by atoms with Crippen LogP contribution in [0.4, 0.5) is 0 Å². The van der Waals surface area contributed by atoms with Crippen molar-refractivity contribution >= 4 is 0 Å². The molecule has 0 aromatic rings. The average molecular weight is 252 g/mol. The molecule has 3 heteroatoms. The Kier molecular flexibility index (Phi) is 2.82. The maximum atomic E-state index is 6.46. The Bertz CT molecular complexity index is 339. The quantitative estimate of drug-likeness (QED) is 0.817. The fraction of sp³-hybridized carbons (Fsp3) is 1.00. The van der Waals surface area contributed by atoms with Crippen molar-refractivity contribution in [3.05, 3.63) is 0 Å². The molecule has 0 spiro atoms. The molecule has 3 fully saturated rings. The van der Waals surface area contributed by atoms with Crippen LogP contribution in [0, 0.1) is 11.8 Å². The van der Waals surface area contributed by atoms with Crippen LogP contribution in [0.2, 0.25) is 0 Å². The lowest BCUT2D eigenvalue weighted by Crippen LogP contribution is -2.49. The van der Waals surface area contributed by atoms with Crippen molar-refractivity contribution in [2.24, 2.45) is 17.6 Å². The molecule has 18 heavy (non-hydrogen) atoms. The van der Waals surface area contributed by atoms with Gasteiger partial charge in [-0.2, -0.15) is 0 Å². The lowest BCUT2D eigenvalue weighted by atomic mass is 9.82. The normalized spacial score (nSPS) is 45.8. The van der Waals surface area contributed by atoms with Gasteiger partial charge in [-0.05, 0) is 52.9 Å². The zero-order chi connectivity index (χ0) is 13.1. The first-order valence-corrected chi connectivity index (χ1v) is 7.49. The van der Waals surface area contributed by atoms with E-state index >= 15 is 0 Å². The van der Waals surface area contributed by atoms with Crippen molar-refractivity contribution in [1.29, 1.82) is 0 Å². The first-order valence-electron chi connectivity index (χ1n) is 7.49. The molecule has 0 amide bonds. The predicted octanol–water partition coefficient (Wildman–Crippen LogP) is 2.00. The monoisotopic (exact) mass is 252 g/mol. The molecule has 1 saturated carbocycles. The summed E-state index contributed by atoms with van der Waals surface area (Å²) < 4.78 is 6.20. The van der Waals surface area contributed by atoms with Crippen LogP contribution < -0.4 is 5.73 Å². The standard InChI is InChI=1S/C15H28N2O/c1-14(2)12(13(16)15(3,4)18-14)9-17-8-10-5-6-11(17)7-10/h10-13H,5-9,16H2,1-4H3. The second-order valence-electron chi connectivity index (χ2n) is 7.73. The Labute approximate surface area is 111 Å². The Morgan fingerprint density at radius 1 is 1.17 bits per heavy atom. The third-order valence-corrected chi connectivity index (χ3v) is 5.61. The van der Waals surface area contributed by atoms with Gasteiger partial charge in [0.2, 0.25) is 0 Å². The van der Waals surface area contributed by atoms with Crippen molar-refractivity contribution in [2.75, 3.05) is 13.1 Å². The van der Waals surface area contributed by atoms with E-state index in [0.29, 0.717) is 5.92 Å². The number of likely N-dealkylation sites (tertiary alicyclic amines) is 1. The fourth-order valence-corrected chi connectivity index (χ4v) is 4.58. The van der Waals surface area contributed by atoms with E-state index in [0.717, 1.165) is 18.5 Å². The van der Waals surface area contributed by atoms with E-state index in [2.05, 4.69) is 32.6 Å². The van der Waals surface area contributed by atoms with Gasteiger partial charge in [0, 0.05) is 31.1 Å². The Morgan fingerprint density at radius 3 is 2.33 bits per heavy atom. The highest BCUT2D eigenvalue weighted by Crippen LogP contribution is 2.44. The highest BCUT2D eigenvalue weighted by molar-refractivity contribution is 5.06. The van der Waals surface area contributed by atoms with Crippen LogP contribution in [0.3, 0.4) is 0 Å². The summed E-state index contributed by atoms with van der Waals surface area (Å²) in [7, 11) is 0. The molecule has 2 aliphatic heterocycles. The molecule has 4 atom stereocenters. The SMILES string of the molecule is CC1(C)OC(C)(C)C(CN2CC3CCC2C3)C1N. The maximum Gasteiger partial charge on any atom is 0.0788 e. The molecule has 3 nitrogen and oxygen atoms in total. The molecule has 2 heterocycles. The molecule has 0 aromatic heterocycles. The summed E-state index contributed by atoms with van der Waals surface area (Å²) >= 11 is 0. The molecule has 4 unspecified atom stereocenters. The highest BCUT2D eigenvalue weighted by atomic mass is 16.5. The number of hydrogen-bond acceptors (Lipinski definition) is 3. The topological polar surface area (TPSA) is 38.5 Å². The number of piperidine rings is 1. The second-order valence-corrected chi connectivity index (χ2v) is 7.73. The predicted molar refractivity (Wildman–Crippen MR) is 73.4 cm³/mol. The first-order chi connectivity index (χ1) is 8.29. The van der Waals surface area contributed by atoms with E-state index in [1.807, 2.05) is 0 Å². The van der Waals surface area contributed by atoms with Crippen LogP contribution in [0.5, 0.6) is 0 Å². The van der Waals surface area contributed by atoms with E-state index < -0.39 is 0 Å². The molecule has 0 aromatic carbocycles. The van der Waals surface area contributed by atoms with Crippen LogP contribution in [0.25, 0.3) is 0 Å². The Hall–Kier alpha value is -0.120. The second kappa shape index (κ2) is 3.94. The van der Waals surface area contributed by atoms with Gasteiger partial charge in [0.1, 0.15) is 0 Å². The van der Waals surface area contributed by atoms with Crippen LogP contribution in [-0.2, 0) is 4.74 Å². The zero-order valence-electron chi connectivity index (χ0n) is 12.3. The van der Waals surface area contributed by atoms with Crippen LogP contribution in [-0.4, -0.2) is 41.3 Å². The largest absolute Gasteiger partial charge is 0.368 e. The molecule has 3 rings (SSSR count). The van der Waals surface area contributed by atoms with E-state index in [1.54, 1.807) is 0 Å². The van der Waals surface area contributed by atoms with Gasteiger partial charge in [0.15, 0.2) is 0 Å². The smallest absolute Gasteiger partial charge is 0.0788 e. The highest BCUT2D eigenvalue weighted by Gasteiger charge is 2.53. The molecule has 3 aliphatic rings. The van der Waals surface area contributed by atoms with Gasteiger partial charge >= 0.3 is 0 Å². The maximum absolute atomic E-state index is 6.46. The number of fused-ring (bicyclic) bond motifs is 2. The van der Waals surface area contributed by atoms with Gasteiger partial charge in [-0.15, -0.1) is 0 Å². The number of nitrogens with zero attached hydrogens (tertiary/aromatic N) is 1. The zero-order valence-corrected chi connectivity index (χ0v) is 12.3. The van der Waals surface area contributed by atoms with Gasteiger partial charge < -0.3 is 10.5 Å². The van der Waals surface area contributed by atoms with E-state index in [1.165, 1.54) is 25.8 Å². The number of hydrogen-bond donors (Lipinski definition) is 1. The number of rotatable bonds is 2. The Morgan fingerprint density at radius 2 is 1.89 bits per heavy atom. The third kappa shape index (κ3) is 1.91. The van der Waals surface area contributed by atoms with Crippen molar-refractivity contribution in [3.8, 4) is 0 Å². The van der Waals surface area contributed by atoms with Gasteiger partial charge in [-0.1, -0.05) is 0 Å². The summed E-state index contributed by atoms with van der Waals surface area (Å²) in [5.74, 6) is 1.41. The van der Waals surface area contributed by atoms with Gasteiger partial charge in [0.25, 0.3) is 0 Å². The van der Waals surface area contributed by atoms with Crippen molar-refractivity contribution in [3.63, 3.8) is 0 Å². The van der Waals surface area contributed by atoms with Crippen LogP contribution >= 0.6 is 0 Å². The van der Waals surface area contributed by atoms with Crippen molar-refractivity contribution < 1.29 is 4.74 Å². The summed E-state index contributed by atoms with van der Waals surface area (Å²) in [6.45, 7) is 11.1. The molecule has 104 valence electrons. The first kappa shape index (κ1) is 12.9. The van der Waals surface area contributed by atoms with Crippen LogP contribution in [0.1, 0.15) is 47.0 Å². The van der Waals surface area contributed by atoms with Crippen molar-refractivity contribution in [1.82, 2.24) is 4.90 Å². The van der Waals surface area contributed by atoms with E-state index in [9.17, 15) is 0 Å². The number of ether oxygens (including phenoxy) is 1. The van der Waals surface area contributed by atoms with Crippen LogP contribution in [0.15, 0.2) is 0 Å². The van der Waals surface area contributed by atoms with E-state index in [4.69, 9.17) is 10.5 Å². The summed E-state index contributed by atoms with van der Waals surface area (Å²) in [5.41, 5.74) is 6.18. The molecule has 2 N–H and O–H groups in total. The minimum atomic E-state index is -0.188. The lowest BCUT2D eigenvalue weighted by molar-refractivity contribution is -0.0789. The summed E-state index contributed by atoms with van der Waals surface area (Å²) in [6, 6.07) is 0.980. The molecular formula is C15H28N2O. The number of nitrogens with two attached hydrogens (primary N) is 1. The molecule has 1 aliphatic carbocycles. The molecular weight excluding hydrogens is 224 g/mol. The van der Waals surface area contributed by atoms with Gasteiger partial charge in [-0.3, -0.25) is 4.90 Å². The van der Waals surface area contributed by atoms with Gasteiger partial charge in [-0.25, -0.2) is 0 Å².